The Morgan fingerprint density at radius 3 is 2.09 bits per heavy atom. The highest BCUT2D eigenvalue weighted by molar-refractivity contribution is 7.92. The number of nitrogens with zero attached hydrogens (tertiary/aromatic N) is 1. The summed E-state index contributed by atoms with van der Waals surface area (Å²) in [6.07, 6.45) is 1.08. The van der Waals surface area contributed by atoms with Crippen molar-refractivity contribution in [2.75, 3.05) is 22.9 Å². The molecule has 2 aromatic rings. The number of nitrogens with one attached hydrogen (secondary N) is 1. The third-order valence-corrected chi connectivity index (χ3v) is 3.81. The number of rotatable bonds is 4. The fourth-order valence-electron chi connectivity index (χ4n) is 1.87. The summed E-state index contributed by atoms with van der Waals surface area (Å²) in [6.45, 7) is 0. The molecular formula is C15H15ClN2O3S. The molecular weight excluding hydrogens is 324 g/mol. The number of sulfonamides is 1. The Morgan fingerprint density at radius 2 is 1.59 bits per heavy atom. The van der Waals surface area contributed by atoms with Gasteiger partial charge in [-0.1, -0.05) is 11.6 Å². The molecule has 0 aromatic heterocycles. The summed E-state index contributed by atoms with van der Waals surface area (Å²) in [5, 5.41) is 0.565. The van der Waals surface area contributed by atoms with Gasteiger partial charge in [0.2, 0.25) is 10.0 Å². The van der Waals surface area contributed by atoms with E-state index in [9.17, 15) is 13.2 Å². The highest BCUT2D eigenvalue weighted by atomic mass is 35.5. The zero-order chi connectivity index (χ0) is 16.3. The van der Waals surface area contributed by atoms with Gasteiger partial charge in [0.25, 0.3) is 5.91 Å². The highest BCUT2D eigenvalue weighted by Gasteiger charge is 2.13. The number of hydrogen-bond donors (Lipinski definition) is 1. The van der Waals surface area contributed by atoms with Crippen LogP contribution in [0.2, 0.25) is 5.02 Å². The Balaban J connectivity index is 2.17. The fraction of sp³-hybridized carbons (Fsp3) is 0.133. The van der Waals surface area contributed by atoms with Crippen LogP contribution in [-0.2, 0) is 10.0 Å². The summed E-state index contributed by atoms with van der Waals surface area (Å²) >= 11 is 5.80. The Morgan fingerprint density at radius 1 is 1.05 bits per heavy atom. The SMILES string of the molecule is CN(C(=O)c1ccc(Cl)cc1)c1ccc(NS(C)(=O)=O)cc1. The number of hydrogen-bond acceptors (Lipinski definition) is 3. The molecule has 0 radical (unpaired) electrons. The zero-order valence-corrected chi connectivity index (χ0v) is 13.6. The maximum Gasteiger partial charge on any atom is 0.258 e. The van der Waals surface area contributed by atoms with Gasteiger partial charge < -0.3 is 4.90 Å². The minimum atomic E-state index is -3.32. The summed E-state index contributed by atoms with van der Waals surface area (Å²) in [5.41, 5.74) is 1.61. The van der Waals surface area contributed by atoms with E-state index in [1.165, 1.54) is 4.90 Å². The van der Waals surface area contributed by atoms with Crippen molar-refractivity contribution >= 4 is 38.9 Å². The van der Waals surface area contributed by atoms with Crippen molar-refractivity contribution in [1.29, 1.82) is 0 Å². The molecule has 0 aliphatic carbocycles. The molecule has 2 rings (SSSR count). The monoisotopic (exact) mass is 338 g/mol. The second-order valence-corrected chi connectivity index (χ2v) is 6.98. The summed E-state index contributed by atoms with van der Waals surface area (Å²) in [6, 6.07) is 13.2. The summed E-state index contributed by atoms with van der Waals surface area (Å²) < 4.78 is 24.7. The van der Waals surface area contributed by atoms with Gasteiger partial charge in [-0.05, 0) is 48.5 Å². The largest absolute Gasteiger partial charge is 0.311 e. The molecule has 0 unspecified atom stereocenters. The Hall–Kier alpha value is -2.05. The lowest BCUT2D eigenvalue weighted by Crippen LogP contribution is -2.26. The first kappa shape index (κ1) is 16.3. The smallest absolute Gasteiger partial charge is 0.258 e. The van der Waals surface area contributed by atoms with Crippen molar-refractivity contribution in [3.05, 3.63) is 59.1 Å². The standard InChI is InChI=1S/C15H15ClN2O3S/c1-18(15(19)11-3-5-12(16)6-4-11)14-9-7-13(8-10-14)17-22(2,20)21/h3-10,17H,1-2H3. The topological polar surface area (TPSA) is 66.5 Å². The lowest BCUT2D eigenvalue weighted by atomic mass is 10.2. The van der Waals surface area contributed by atoms with Crippen molar-refractivity contribution < 1.29 is 13.2 Å². The van der Waals surface area contributed by atoms with Crippen LogP contribution in [0.25, 0.3) is 0 Å². The molecule has 0 bridgehead atoms. The Bertz CT molecular complexity index is 771. The van der Waals surface area contributed by atoms with E-state index < -0.39 is 10.0 Å². The third-order valence-electron chi connectivity index (χ3n) is 2.95. The van der Waals surface area contributed by atoms with Crippen molar-refractivity contribution in [3.8, 4) is 0 Å². The highest BCUT2D eigenvalue weighted by Crippen LogP contribution is 2.20. The van der Waals surface area contributed by atoms with Crippen LogP contribution >= 0.6 is 11.6 Å². The average Bonchev–Trinajstić information content (AvgIpc) is 2.46. The third kappa shape index (κ3) is 4.22. The quantitative estimate of drug-likeness (QED) is 0.932. The molecule has 2 aromatic carbocycles. The van der Waals surface area contributed by atoms with E-state index >= 15 is 0 Å². The van der Waals surface area contributed by atoms with Gasteiger partial charge in [-0.3, -0.25) is 9.52 Å². The van der Waals surface area contributed by atoms with Gasteiger partial charge in [0.15, 0.2) is 0 Å². The molecule has 0 atom stereocenters. The molecule has 0 saturated heterocycles. The van der Waals surface area contributed by atoms with E-state index in [2.05, 4.69) is 4.72 Å². The summed E-state index contributed by atoms with van der Waals surface area (Å²) in [4.78, 5) is 13.8. The predicted octanol–water partition coefficient (Wildman–Crippen LogP) is 2.99. The van der Waals surface area contributed by atoms with Crippen LogP contribution in [0.3, 0.4) is 0 Å². The first-order valence-electron chi connectivity index (χ1n) is 6.38. The van der Waals surface area contributed by atoms with Gasteiger partial charge in [0.1, 0.15) is 0 Å². The van der Waals surface area contributed by atoms with Gasteiger partial charge in [0.05, 0.1) is 6.26 Å². The molecule has 116 valence electrons. The van der Waals surface area contributed by atoms with Crippen molar-refractivity contribution in [3.63, 3.8) is 0 Å². The minimum absolute atomic E-state index is 0.180. The van der Waals surface area contributed by atoms with E-state index in [1.807, 2.05) is 0 Å². The predicted molar refractivity (Wildman–Crippen MR) is 89.1 cm³/mol. The van der Waals surface area contributed by atoms with E-state index in [1.54, 1.807) is 55.6 Å². The average molecular weight is 339 g/mol. The van der Waals surface area contributed by atoms with Gasteiger partial charge in [-0.15, -0.1) is 0 Å². The molecule has 0 fully saturated rings. The van der Waals surface area contributed by atoms with Gasteiger partial charge in [-0.2, -0.15) is 0 Å². The van der Waals surface area contributed by atoms with Crippen molar-refractivity contribution in [2.24, 2.45) is 0 Å². The lowest BCUT2D eigenvalue weighted by Gasteiger charge is -2.18. The van der Waals surface area contributed by atoms with Crippen molar-refractivity contribution in [1.82, 2.24) is 0 Å². The fourth-order valence-corrected chi connectivity index (χ4v) is 2.56. The molecule has 1 amide bonds. The Labute approximate surface area is 134 Å². The van der Waals surface area contributed by atoms with Crippen LogP contribution in [0.1, 0.15) is 10.4 Å². The van der Waals surface area contributed by atoms with E-state index in [0.29, 0.717) is 22.0 Å². The maximum absolute atomic E-state index is 12.3. The molecule has 7 heteroatoms. The number of benzene rings is 2. The zero-order valence-electron chi connectivity index (χ0n) is 12.1. The van der Waals surface area contributed by atoms with Crippen LogP contribution in [-0.4, -0.2) is 27.6 Å². The van der Waals surface area contributed by atoms with E-state index in [-0.39, 0.29) is 5.91 Å². The van der Waals surface area contributed by atoms with Crippen LogP contribution in [0.5, 0.6) is 0 Å². The molecule has 0 saturated carbocycles. The molecule has 0 spiro atoms. The van der Waals surface area contributed by atoms with Crippen LogP contribution in [0.15, 0.2) is 48.5 Å². The Kier molecular flexibility index (Phi) is 4.73. The normalized spacial score (nSPS) is 11.0. The summed E-state index contributed by atoms with van der Waals surface area (Å²) in [5.74, 6) is -0.180. The number of amides is 1. The minimum Gasteiger partial charge on any atom is -0.311 e. The van der Waals surface area contributed by atoms with Gasteiger partial charge >= 0.3 is 0 Å². The lowest BCUT2D eigenvalue weighted by molar-refractivity contribution is 0.0993. The van der Waals surface area contributed by atoms with Crippen LogP contribution in [0, 0.1) is 0 Å². The van der Waals surface area contributed by atoms with E-state index in [0.717, 1.165) is 6.26 Å². The number of halogens is 1. The first-order chi connectivity index (χ1) is 10.3. The molecule has 5 nitrogen and oxygen atoms in total. The first-order valence-corrected chi connectivity index (χ1v) is 8.65. The van der Waals surface area contributed by atoms with E-state index in [4.69, 9.17) is 11.6 Å². The second-order valence-electron chi connectivity index (χ2n) is 4.79. The van der Waals surface area contributed by atoms with Crippen molar-refractivity contribution in [2.45, 2.75) is 0 Å². The number of carbonyl (C=O) groups is 1. The number of anilines is 2. The number of carbonyl (C=O) groups excluding carboxylic acids is 1. The molecule has 0 aliphatic rings. The van der Waals surface area contributed by atoms with Gasteiger partial charge in [-0.25, -0.2) is 8.42 Å². The summed E-state index contributed by atoms with van der Waals surface area (Å²) in [7, 11) is -1.67. The molecule has 22 heavy (non-hydrogen) atoms. The second kappa shape index (κ2) is 6.37. The molecule has 0 aliphatic heterocycles. The maximum atomic E-state index is 12.3. The molecule has 1 N–H and O–H groups in total. The van der Waals surface area contributed by atoms with Crippen LogP contribution in [0.4, 0.5) is 11.4 Å². The molecule has 0 heterocycles. The van der Waals surface area contributed by atoms with Crippen LogP contribution < -0.4 is 9.62 Å². The van der Waals surface area contributed by atoms with Gasteiger partial charge in [0, 0.05) is 29.0 Å².